The lowest BCUT2D eigenvalue weighted by Crippen LogP contribution is -2.10. The van der Waals surface area contributed by atoms with E-state index in [1.807, 2.05) is 13.8 Å². The van der Waals surface area contributed by atoms with Crippen LogP contribution in [-0.2, 0) is 11.2 Å². The molecule has 4 heteroatoms. The molecule has 0 radical (unpaired) electrons. The van der Waals surface area contributed by atoms with Gasteiger partial charge in [-0.3, -0.25) is 4.98 Å². The zero-order chi connectivity index (χ0) is 12.0. The van der Waals surface area contributed by atoms with E-state index < -0.39 is 0 Å². The minimum absolute atomic E-state index is 0.339. The van der Waals surface area contributed by atoms with Crippen molar-refractivity contribution in [1.82, 2.24) is 4.98 Å². The van der Waals surface area contributed by atoms with Gasteiger partial charge < -0.3 is 9.47 Å². The third kappa shape index (κ3) is 2.95. The van der Waals surface area contributed by atoms with Gasteiger partial charge in [-0.15, -0.1) is 0 Å². The molecule has 0 saturated heterocycles. The smallest absolute Gasteiger partial charge is 0.340 e. The summed E-state index contributed by atoms with van der Waals surface area (Å²) in [4.78, 5) is 15.9. The third-order valence-electron chi connectivity index (χ3n) is 2.09. The highest BCUT2D eigenvalue weighted by Crippen LogP contribution is 2.16. The lowest BCUT2D eigenvalue weighted by atomic mass is 10.1. The number of carbonyl (C=O) groups excluding carboxylic acids is 1. The number of hydrogen-bond donors (Lipinski definition) is 0. The molecule has 0 saturated carbocycles. The van der Waals surface area contributed by atoms with Crippen LogP contribution in [0.1, 0.15) is 36.8 Å². The van der Waals surface area contributed by atoms with Crippen molar-refractivity contribution in [2.24, 2.45) is 0 Å². The molecular formula is C12H17NO3. The third-order valence-corrected chi connectivity index (χ3v) is 2.09. The van der Waals surface area contributed by atoms with Gasteiger partial charge in [0.1, 0.15) is 5.75 Å². The van der Waals surface area contributed by atoms with Gasteiger partial charge in [0.2, 0.25) is 0 Å². The summed E-state index contributed by atoms with van der Waals surface area (Å²) in [5.74, 6) is 0.260. The molecule has 0 aliphatic rings. The van der Waals surface area contributed by atoms with E-state index in [4.69, 9.17) is 9.47 Å². The molecule has 88 valence electrons. The maximum Gasteiger partial charge on any atom is 0.340 e. The largest absolute Gasteiger partial charge is 0.492 e. The number of aryl methyl sites for hydroxylation is 1. The van der Waals surface area contributed by atoms with Gasteiger partial charge in [0.15, 0.2) is 0 Å². The summed E-state index contributed by atoms with van der Waals surface area (Å²) >= 11 is 0. The van der Waals surface area contributed by atoms with Crippen molar-refractivity contribution in [1.29, 1.82) is 0 Å². The van der Waals surface area contributed by atoms with Crippen molar-refractivity contribution in [3.05, 3.63) is 23.5 Å². The maximum atomic E-state index is 11.7. The molecule has 0 bridgehead atoms. The number of esters is 1. The van der Waals surface area contributed by atoms with E-state index in [2.05, 4.69) is 4.98 Å². The van der Waals surface area contributed by atoms with E-state index in [0.29, 0.717) is 30.9 Å². The highest BCUT2D eigenvalue weighted by atomic mass is 16.5. The summed E-state index contributed by atoms with van der Waals surface area (Å²) in [5.41, 5.74) is 1.23. The van der Waals surface area contributed by atoms with Gasteiger partial charge in [0, 0.05) is 0 Å². The minimum Gasteiger partial charge on any atom is -0.492 e. The van der Waals surface area contributed by atoms with Gasteiger partial charge in [0.05, 0.1) is 30.7 Å². The fraction of sp³-hybridized carbons (Fsp3) is 0.500. The first-order valence-electron chi connectivity index (χ1n) is 5.51. The molecule has 0 aliphatic heterocycles. The van der Waals surface area contributed by atoms with Gasteiger partial charge in [-0.25, -0.2) is 4.79 Å². The Labute approximate surface area is 95.6 Å². The maximum absolute atomic E-state index is 11.7. The van der Waals surface area contributed by atoms with Crippen molar-refractivity contribution in [2.75, 3.05) is 13.2 Å². The first kappa shape index (κ1) is 12.5. The van der Waals surface area contributed by atoms with Crippen LogP contribution in [0.3, 0.4) is 0 Å². The average Bonchev–Trinajstić information content (AvgIpc) is 2.30. The van der Waals surface area contributed by atoms with Crippen LogP contribution in [0.15, 0.2) is 12.3 Å². The normalized spacial score (nSPS) is 9.94. The summed E-state index contributed by atoms with van der Waals surface area (Å²) in [6.45, 7) is 6.53. The Bertz CT molecular complexity index is 363. The van der Waals surface area contributed by atoms with Gasteiger partial charge in [-0.2, -0.15) is 0 Å². The monoisotopic (exact) mass is 223 g/mol. The average molecular weight is 223 g/mol. The quantitative estimate of drug-likeness (QED) is 0.718. The Morgan fingerprint density at radius 2 is 2.06 bits per heavy atom. The molecular weight excluding hydrogens is 206 g/mol. The van der Waals surface area contributed by atoms with E-state index in [1.54, 1.807) is 19.2 Å². The van der Waals surface area contributed by atoms with E-state index in [9.17, 15) is 4.79 Å². The number of aromatic nitrogens is 1. The Morgan fingerprint density at radius 3 is 2.62 bits per heavy atom. The van der Waals surface area contributed by atoms with Crippen LogP contribution in [0.2, 0.25) is 0 Å². The van der Waals surface area contributed by atoms with Crippen molar-refractivity contribution >= 4 is 5.97 Å². The highest BCUT2D eigenvalue weighted by molar-refractivity contribution is 5.91. The van der Waals surface area contributed by atoms with Gasteiger partial charge in [0.25, 0.3) is 0 Å². The Kier molecular flexibility index (Phi) is 4.76. The summed E-state index contributed by atoms with van der Waals surface area (Å²) in [7, 11) is 0. The second-order valence-electron chi connectivity index (χ2n) is 3.17. The van der Waals surface area contributed by atoms with Crippen LogP contribution in [0.4, 0.5) is 0 Å². The standard InChI is InChI=1S/C12H17NO3/c1-4-11-10(12(14)16-6-3)7-9(8-13-11)15-5-2/h7-8H,4-6H2,1-3H3. The van der Waals surface area contributed by atoms with Crippen LogP contribution >= 0.6 is 0 Å². The Hall–Kier alpha value is -1.58. The number of hydrogen-bond acceptors (Lipinski definition) is 4. The van der Waals surface area contributed by atoms with Crippen molar-refractivity contribution < 1.29 is 14.3 Å². The highest BCUT2D eigenvalue weighted by Gasteiger charge is 2.13. The SMILES string of the molecule is CCOC(=O)c1cc(OCC)cnc1CC. The molecule has 4 nitrogen and oxygen atoms in total. The van der Waals surface area contributed by atoms with Crippen LogP contribution in [0.25, 0.3) is 0 Å². The number of rotatable bonds is 5. The number of carbonyl (C=O) groups is 1. The molecule has 1 aromatic heterocycles. The Balaban J connectivity index is 3.01. The molecule has 0 spiro atoms. The van der Waals surface area contributed by atoms with Crippen LogP contribution in [0.5, 0.6) is 5.75 Å². The minimum atomic E-state index is -0.339. The molecule has 0 atom stereocenters. The second-order valence-corrected chi connectivity index (χ2v) is 3.17. The van der Waals surface area contributed by atoms with E-state index >= 15 is 0 Å². The molecule has 0 N–H and O–H groups in total. The fourth-order valence-electron chi connectivity index (χ4n) is 1.39. The lowest BCUT2D eigenvalue weighted by Gasteiger charge is -2.09. The van der Waals surface area contributed by atoms with E-state index in [-0.39, 0.29) is 5.97 Å². The molecule has 1 rings (SSSR count). The first-order chi connectivity index (χ1) is 7.72. The van der Waals surface area contributed by atoms with Crippen LogP contribution in [-0.4, -0.2) is 24.2 Å². The summed E-state index contributed by atoms with van der Waals surface area (Å²) in [6, 6.07) is 1.69. The molecule has 1 aromatic rings. The van der Waals surface area contributed by atoms with Crippen LogP contribution in [0, 0.1) is 0 Å². The second kappa shape index (κ2) is 6.10. The predicted octanol–water partition coefficient (Wildman–Crippen LogP) is 2.22. The van der Waals surface area contributed by atoms with Gasteiger partial charge in [-0.05, 0) is 26.3 Å². The number of ether oxygens (including phenoxy) is 2. The molecule has 1 heterocycles. The zero-order valence-corrected chi connectivity index (χ0v) is 9.95. The molecule has 0 aromatic carbocycles. The van der Waals surface area contributed by atoms with E-state index in [1.165, 1.54) is 0 Å². The molecule has 0 aliphatic carbocycles. The fourth-order valence-corrected chi connectivity index (χ4v) is 1.39. The van der Waals surface area contributed by atoms with Crippen LogP contribution < -0.4 is 4.74 Å². The van der Waals surface area contributed by atoms with Crippen molar-refractivity contribution in [2.45, 2.75) is 27.2 Å². The lowest BCUT2D eigenvalue weighted by molar-refractivity contribution is 0.0524. The van der Waals surface area contributed by atoms with Crippen molar-refractivity contribution in [3.8, 4) is 5.75 Å². The molecule has 0 unspecified atom stereocenters. The molecule has 0 amide bonds. The summed E-state index contributed by atoms with van der Waals surface area (Å²) in [6.07, 6.45) is 2.33. The number of pyridine rings is 1. The number of nitrogens with zero attached hydrogens (tertiary/aromatic N) is 1. The molecule has 0 fully saturated rings. The van der Waals surface area contributed by atoms with Gasteiger partial charge in [-0.1, -0.05) is 6.92 Å². The molecule has 16 heavy (non-hydrogen) atoms. The topological polar surface area (TPSA) is 48.4 Å². The summed E-state index contributed by atoms with van der Waals surface area (Å²) in [5, 5.41) is 0. The Morgan fingerprint density at radius 1 is 1.31 bits per heavy atom. The van der Waals surface area contributed by atoms with Gasteiger partial charge >= 0.3 is 5.97 Å². The predicted molar refractivity (Wildman–Crippen MR) is 60.7 cm³/mol. The summed E-state index contributed by atoms with van der Waals surface area (Å²) < 4.78 is 10.3. The first-order valence-corrected chi connectivity index (χ1v) is 5.51. The van der Waals surface area contributed by atoms with Crippen molar-refractivity contribution in [3.63, 3.8) is 0 Å². The van der Waals surface area contributed by atoms with E-state index in [0.717, 1.165) is 5.69 Å². The zero-order valence-electron chi connectivity index (χ0n) is 9.95.